The van der Waals surface area contributed by atoms with Gasteiger partial charge in [0.1, 0.15) is 5.70 Å². The summed E-state index contributed by atoms with van der Waals surface area (Å²) in [5.41, 5.74) is 1.20. The maximum Gasteiger partial charge on any atom is 0.329 e. The number of carbonyl (C=O) groups is 2. The smallest absolute Gasteiger partial charge is 0.303 e. The number of benzene rings is 1. The minimum atomic E-state index is -0.342. The first kappa shape index (κ1) is 12.8. The highest BCUT2D eigenvalue weighted by atomic mass is 79.9. The summed E-state index contributed by atoms with van der Waals surface area (Å²) in [5.74, 6) is -0.259. The quantitative estimate of drug-likeness (QED) is 0.689. The number of imide groups is 1. The van der Waals surface area contributed by atoms with Crippen LogP contribution in [0.3, 0.4) is 0 Å². The molecule has 1 N–H and O–H groups in total. The molecule has 0 atom stereocenters. The van der Waals surface area contributed by atoms with Crippen molar-refractivity contribution in [3.05, 3.63) is 40.0 Å². The zero-order valence-electron chi connectivity index (χ0n) is 9.94. The molecule has 1 aromatic carbocycles. The summed E-state index contributed by atoms with van der Waals surface area (Å²) in [6.07, 6.45) is 2.44. The average Bonchev–Trinajstić information content (AvgIpc) is 2.60. The molecule has 1 aliphatic rings. The van der Waals surface area contributed by atoms with Crippen LogP contribution in [0.25, 0.3) is 6.08 Å². The molecular weight excluding hydrogens is 296 g/mol. The second kappa shape index (κ2) is 5.35. The Morgan fingerprint density at radius 3 is 2.56 bits per heavy atom. The van der Waals surface area contributed by atoms with Gasteiger partial charge in [-0.25, -0.2) is 4.79 Å². The Morgan fingerprint density at radius 2 is 1.94 bits per heavy atom. The van der Waals surface area contributed by atoms with Gasteiger partial charge in [0.15, 0.2) is 0 Å². The van der Waals surface area contributed by atoms with E-state index >= 15 is 0 Å². The lowest BCUT2D eigenvalue weighted by Gasteiger charge is -2.08. The van der Waals surface area contributed by atoms with E-state index in [1.807, 2.05) is 31.2 Å². The standard InChI is InChI=1S/C13H13BrN2O2/c1-2-7-16-12(17)11(15-13(16)18)8-9-3-5-10(14)6-4-9/h3-6,8H,2,7H2,1H3,(H,15,18)/b11-8+. The molecule has 1 fully saturated rings. The second-order valence-corrected chi connectivity index (χ2v) is 4.91. The van der Waals surface area contributed by atoms with Crippen LogP contribution in [0.2, 0.25) is 0 Å². The Hall–Kier alpha value is -1.62. The highest BCUT2D eigenvalue weighted by molar-refractivity contribution is 9.10. The fourth-order valence-corrected chi connectivity index (χ4v) is 1.99. The number of carbonyl (C=O) groups excluding carboxylic acids is 2. The summed E-state index contributed by atoms with van der Waals surface area (Å²) >= 11 is 3.34. The lowest BCUT2D eigenvalue weighted by atomic mass is 10.2. The number of urea groups is 1. The van der Waals surface area contributed by atoms with Gasteiger partial charge in [-0.2, -0.15) is 0 Å². The van der Waals surface area contributed by atoms with Crippen LogP contribution in [-0.2, 0) is 4.79 Å². The van der Waals surface area contributed by atoms with Crippen LogP contribution in [0.1, 0.15) is 18.9 Å². The molecule has 1 aromatic rings. The van der Waals surface area contributed by atoms with Crippen LogP contribution in [0, 0.1) is 0 Å². The van der Waals surface area contributed by atoms with Crippen molar-refractivity contribution in [2.24, 2.45) is 0 Å². The van der Waals surface area contributed by atoms with Crippen molar-refractivity contribution in [3.63, 3.8) is 0 Å². The van der Waals surface area contributed by atoms with Gasteiger partial charge >= 0.3 is 6.03 Å². The van der Waals surface area contributed by atoms with Gasteiger partial charge < -0.3 is 5.32 Å². The maximum atomic E-state index is 11.9. The monoisotopic (exact) mass is 308 g/mol. The maximum absolute atomic E-state index is 11.9. The molecule has 0 bridgehead atoms. The molecule has 18 heavy (non-hydrogen) atoms. The Balaban J connectivity index is 2.22. The molecule has 1 aliphatic heterocycles. The Kier molecular flexibility index (Phi) is 3.81. The van der Waals surface area contributed by atoms with Crippen molar-refractivity contribution in [1.82, 2.24) is 10.2 Å². The number of hydrogen-bond donors (Lipinski definition) is 1. The van der Waals surface area contributed by atoms with Gasteiger partial charge in [0.25, 0.3) is 5.91 Å². The summed E-state index contributed by atoms with van der Waals surface area (Å²) in [6.45, 7) is 2.37. The van der Waals surface area contributed by atoms with Gasteiger partial charge in [-0.15, -0.1) is 0 Å². The largest absolute Gasteiger partial charge is 0.329 e. The molecule has 0 unspecified atom stereocenters. The third kappa shape index (κ3) is 2.61. The van der Waals surface area contributed by atoms with Crippen molar-refractivity contribution >= 4 is 33.9 Å². The van der Waals surface area contributed by atoms with Gasteiger partial charge in [0, 0.05) is 11.0 Å². The molecule has 1 heterocycles. The predicted octanol–water partition coefficient (Wildman–Crippen LogP) is 2.75. The van der Waals surface area contributed by atoms with E-state index in [4.69, 9.17) is 0 Å². The Labute approximate surface area is 114 Å². The first-order chi connectivity index (χ1) is 8.61. The normalized spacial score (nSPS) is 17.4. The number of hydrogen-bond acceptors (Lipinski definition) is 2. The van der Waals surface area contributed by atoms with E-state index in [2.05, 4.69) is 21.2 Å². The molecule has 0 radical (unpaired) electrons. The molecule has 0 saturated carbocycles. The van der Waals surface area contributed by atoms with Crippen molar-refractivity contribution in [3.8, 4) is 0 Å². The van der Waals surface area contributed by atoms with Crippen molar-refractivity contribution in [2.75, 3.05) is 6.54 Å². The van der Waals surface area contributed by atoms with Gasteiger partial charge in [0.2, 0.25) is 0 Å². The summed E-state index contributed by atoms with van der Waals surface area (Å²) in [6, 6.07) is 7.18. The lowest BCUT2D eigenvalue weighted by molar-refractivity contribution is -0.122. The Morgan fingerprint density at radius 1 is 1.28 bits per heavy atom. The lowest BCUT2D eigenvalue weighted by Crippen LogP contribution is -2.31. The SMILES string of the molecule is CCCN1C(=O)N/C(=C/c2ccc(Br)cc2)C1=O. The van der Waals surface area contributed by atoms with E-state index in [1.54, 1.807) is 6.08 Å². The van der Waals surface area contributed by atoms with Crippen LogP contribution in [-0.4, -0.2) is 23.4 Å². The van der Waals surface area contributed by atoms with Crippen LogP contribution >= 0.6 is 15.9 Å². The van der Waals surface area contributed by atoms with Crippen LogP contribution in [0.15, 0.2) is 34.4 Å². The van der Waals surface area contributed by atoms with Gasteiger partial charge in [-0.1, -0.05) is 35.0 Å². The van der Waals surface area contributed by atoms with Gasteiger partial charge in [-0.3, -0.25) is 9.69 Å². The average molecular weight is 309 g/mol. The molecular formula is C13H13BrN2O2. The van der Waals surface area contributed by atoms with E-state index in [9.17, 15) is 9.59 Å². The first-order valence-electron chi connectivity index (χ1n) is 5.72. The summed E-state index contributed by atoms with van der Waals surface area (Å²) in [7, 11) is 0. The van der Waals surface area contributed by atoms with Crippen molar-refractivity contribution in [2.45, 2.75) is 13.3 Å². The Bertz CT molecular complexity index is 508. The topological polar surface area (TPSA) is 49.4 Å². The van der Waals surface area contributed by atoms with Crippen LogP contribution < -0.4 is 5.32 Å². The van der Waals surface area contributed by atoms with E-state index in [-0.39, 0.29) is 11.9 Å². The number of nitrogens with zero attached hydrogens (tertiary/aromatic N) is 1. The minimum absolute atomic E-state index is 0.259. The fourth-order valence-electron chi connectivity index (χ4n) is 1.72. The molecule has 4 nitrogen and oxygen atoms in total. The first-order valence-corrected chi connectivity index (χ1v) is 6.51. The van der Waals surface area contributed by atoms with Crippen LogP contribution in [0.5, 0.6) is 0 Å². The number of nitrogens with one attached hydrogen (secondary N) is 1. The molecule has 94 valence electrons. The highest BCUT2D eigenvalue weighted by Crippen LogP contribution is 2.16. The summed E-state index contributed by atoms with van der Waals surface area (Å²) < 4.78 is 0.971. The molecule has 0 aromatic heterocycles. The third-order valence-corrected chi connectivity index (χ3v) is 3.12. The third-order valence-electron chi connectivity index (χ3n) is 2.59. The zero-order valence-corrected chi connectivity index (χ0v) is 11.5. The zero-order chi connectivity index (χ0) is 13.1. The fraction of sp³-hybridized carbons (Fsp3) is 0.231. The number of halogens is 1. The number of amides is 3. The molecule has 5 heteroatoms. The van der Waals surface area contributed by atoms with Crippen LogP contribution in [0.4, 0.5) is 4.79 Å². The van der Waals surface area contributed by atoms with E-state index < -0.39 is 0 Å². The second-order valence-electron chi connectivity index (χ2n) is 4.00. The molecule has 2 rings (SSSR count). The van der Waals surface area contributed by atoms with E-state index in [1.165, 1.54) is 4.90 Å². The van der Waals surface area contributed by atoms with Gasteiger partial charge in [-0.05, 0) is 30.2 Å². The van der Waals surface area contributed by atoms with Crippen molar-refractivity contribution < 1.29 is 9.59 Å². The van der Waals surface area contributed by atoms with Crippen molar-refractivity contribution in [1.29, 1.82) is 0 Å². The molecule has 0 aliphatic carbocycles. The molecule has 1 saturated heterocycles. The summed E-state index contributed by atoms with van der Waals surface area (Å²) in [5, 5.41) is 2.59. The van der Waals surface area contributed by atoms with Gasteiger partial charge in [0.05, 0.1) is 0 Å². The molecule has 3 amide bonds. The number of rotatable bonds is 3. The van der Waals surface area contributed by atoms with E-state index in [0.29, 0.717) is 12.2 Å². The summed E-state index contributed by atoms with van der Waals surface area (Å²) in [4.78, 5) is 24.7. The predicted molar refractivity (Wildman–Crippen MR) is 72.7 cm³/mol. The minimum Gasteiger partial charge on any atom is -0.303 e. The van der Waals surface area contributed by atoms with E-state index in [0.717, 1.165) is 16.5 Å². The molecule has 0 spiro atoms. The highest BCUT2D eigenvalue weighted by Gasteiger charge is 2.32.